The fourth-order valence-electron chi connectivity index (χ4n) is 1.74. The minimum absolute atomic E-state index is 0.109. The predicted octanol–water partition coefficient (Wildman–Crippen LogP) is 3.01. The zero-order valence-corrected chi connectivity index (χ0v) is 11.9. The van der Waals surface area contributed by atoms with Crippen molar-refractivity contribution in [3.63, 3.8) is 0 Å². The number of rotatable bonds is 4. The number of hydrogen-bond donors (Lipinski definition) is 1. The van der Waals surface area contributed by atoms with Gasteiger partial charge in [0.25, 0.3) is 0 Å². The van der Waals surface area contributed by atoms with E-state index in [4.69, 9.17) is 4.52 Å². The number of benzene rings is 1. The first-order valence-electron chi connectivity index (χ1n) is 6.23. The number of thiophene rings is 1. The highest BCUT2D eigenvalue weighted by molar-refractivity contribution is 7.13. The van der Waals surface area contributed by atoms with Crippen LogP contribution in [0.5, 0.6) is 0 Å². The zero-order valence-electron chi connectivity index (χ0n) is 11.0. The molecule has 1 amide bonds. The molecule has 0 saturated heterocycles. The van der Waals surface area contributed by atoms with Gasteiger partial charge in [-0.05, 0) is 17.5 Å². The van der Waals surface area contributed by atoms with Crippen LogP contribution < -0.4 is 5.32 Å². The second kappa shape index (κ2) is 6.02. The van der Waals surface area contributed by atoms with Crippen molar-refractivity contribution in [2.24, 2.45) is 0 Å². The van der Waals surface area contributed by atoms with Crippen LogP contribution in [0.25, 0.3) is 10.7 Å². The number of nitrogens with one attached hydrogen (secondary N) is 1. The quantitative estimate of drug-likeness (QED) is 0.802. The fourth-order valence-corrected chi connectivity index (χ4v) is 2.39. The molecule has 0 fully saturated rings. The molecule has 112 valence electrons. The molecule has 0 aliphatic heterocycles. The van der Waals surface area contributed by atoms with Gasteiger partial charge in [0.2, 0.25) is 5.82 Å². The molecule has 3 rings (SSSR count). The normalized spacial score (nSPS) is 10.6. The molecule has 1 N–H and O–H groups in total. The molecular weight excluding hydrogens is 312 g/mol. The molecule has 2 aromatic heterocycles. The van der Waals surface area contributed by atoms with Crippen molar-refractivity contribution >= 4 is 17.2 Å². The van der Waals surface area contributed by atoms with Crippen LogP contribution in [0, 0.1) is 11.6 Å². The molecule has 0 spiro atoms. The minimum atomic E-state index is -0.731. The van der Waals surface area contributed by atoms with Crippen LogP contribution in [-0.4, -0.2) is 16.0 Å². The van der Waals surface area contributed by atoms with Crippen molar-refractivity contribution in [3.05, 3.63) is 58.8 Å². The summed E-state index contributed by atoms with van der Waals surface area (Å²) < 4.78 is 31.1. The summed E-state index contributed by atoms with van der Waals surface area (Å²) in [5.74, 6) is -1.94. The Labute approximate surface area is 127 Å². The van der Waals surface area contributed by atoms with Crippen molar-refractivity contribution in [1.29, 1.82) is 0 Å². The van der Waals surface area contributed by atoms with E-state index in [1.807, 2.05) is 11.4 Å². The highest BCUT2D eigenvalue weighted by Gasteiger charge is 2.16. The molecule has 0 radical (unpaired) electrons. The highest BCUT2D eigenvalue weighted by atomic mass is 32.1. The molecular formula is C14H9F2N3O2S. The molecule has 8 heteroatoms. The van der Waals surface area contributed by atoms with Gasteiger partial charge in [0, 0.05) is 18.2 Å². The topological polar surface area (TPSA) is 68.0 Å². The summed E-state index contributed by atoms with van der Waals surface area (Å²) in [5.41, 5.74) is 0.160. The lowest BCUT2D eigenvalue weighted by Gasteiger charge is -2.03. The molecule has 0 unspecified atom stereocenters. The number of nitrogens with zero attached hydrogens (tertiary/aromatic N) is 2. The van der Waals surface area contributed by atoms with Crippen molar-refractivity contribution < 1.29 is 18.1 Å². The molecule has 2 heterocycles. The van der Waals surface area contributed by atoms with Gasteiger partial charge in [0.1, 0.15) is 11.6 Å². The van der Waals surface area contributed by atoms with Crippen LogP contribution >= 0.6 is 11.3 Å². The average molecular weight is 321 g/mol. The summed E-state index contributed by atoms with van der Waals surface area (Å²) in [6, 6.07) is 6.75. The third kappa shape index (κ3) is 3.01. The smallest absolute Gasteiger partial charge is 0.316 e. The lowest BCUT2D eigenvalue weighted by molar-refractivity contribution is 0.0906. The lowest BCUT2D eigenvalue weighted by Crippen LogP contribution is -2.23. The van der Waals surface area contributed by atoms with E-state index in [-0.39, 0.29) is 18.0 Å². The molecule has 22 heavy (non-hydrogen) atoms. The lowest BCUT2D eigenvalue weighted by atomic mass is 10.2. The molecule has 0 atom stereocenters. The number of halogens is 2. The monoisotopic (exact) mass is 321 g/mol. The third-order valence-corrected chi connectivity index (χ3v) is 3.68. The Morgan fingerprint density at radius 2 is 2.18 bits per heavy atom. The van der Waals surface area contributed by atoms with E-state index in [2.05, 4.69) is 15.5 Å². The van der Waals surface area contributed by atoms with Gasteiger partial charge in [0.05, 0.1) is 4.88 Å². The van der Waals surface area contributed by atoms with Crippen LogP contribution in [0.15, 0.2) is 40.2 Å². The Kier molecular flexibility index (Phi) is 3.92. The van der Waals surface area contributed by atoms with Crippen LogP contribution in [-0.2, 0) is 6.54 Å². The first-order chi connectivity index (χ1) is 10.6. The molecule has 3 aromatic rings. The second-order valence-electron chi connectivity index (χ2n) is 4.32. The van der Waals surface area contributed by atoms with Crippen LogP contribution in [0.3, 0.4) is 0 Å². The summed E-state index contributed by atoms with van der Waals surface area (Å²) in [5, 5.41) is 7.99. The van der Waals surface area contributed by atoms with E-state index in [9.17, 15) is 13.6 Å². The van der Waals surface area contributed by atoms with Crippen molar-refractivity contribution in [1.82, 2.24) is 15.5 Å². The van der Waals surface area contributed by atoms with E-state index in [0.717, 1.165) is 17.0 Å². The number of amides is 1. The summed E-state index contributed by atoms with van der Waals surface area (Å²) >= 11 is 1.41. The Bertz CT molecular complexity index is 802. The Hall–Kier alpha value is -2.61. The molecule has 0 bridgehead atoms. The number of carbonyl (C=O) groups excluding carboxylic acids is 1. The maximum absolute atomic E-state index is 13.5. The highest BCUT2D eigenvalue weighted by Crippen LogP contribution is 2.21. The molecule has 1 aromatic carbocycles. The molecule has 0 aliphatic carbocycles. The van der Waals surface area contributed by atoms with Gasteiger partial charge < -0.3 is 9.84 Å². The Balaban J connectivity index is 1.67. The summed E-state index contributed by atoms with van der Waals surface area (Å²) in [6.07, 6.45) is 0. The van der Waals surface area contributed by atoms with E-state index >= 15 is 0 Å². The number of hydrogen-bond acceptors (Lipinski definition) is 5. The molecule has 0 aliphatic rings. The standard InChI is InChI=1S/C14H9F2N3O2S/c15-9-4-3-8(10(16)6-9)7-17-13(20)14-18-12(19-21-14)11-2-1-5-22-11/h1-6H,7H2,(H,17,20). The minimum Gasteiger partial charge on any atom is -0.344 e. The Morgan fingerprint density at radius 3 is 2.91 bits per heavy atom. The van der Waals surface area contributed by atoms with Crippen molar-refractivity contribution in [2.75, 3.05) is 0 Å². The first-order valence-corrected chi connectivity index (χ1v) is 7.11. The maximum Gasteiger partial charge on any atom is 0.316 e. The third-order valence-electron chi connectivity index (χ3n) is 2.82. The summed E-state index contributed by atoms with van der Waals surface area (Å²) in [6.45, 7) is -0.109. The predicted molar refractivity (Wildman–Crippen MR) is 75.1 cm³/mol. The largest absolute Gasteiger partial charge is 0.344 e. The SMILES string of the molecule is O=C(NCc1ccc(F)cc1F)c1nc(-c2cccs2)no1. The van der Waals surface area contributed by atoms with Gasteiger partial charge in [-0.1, -0.05) is 17.3 Å². The van der Waals surface area contributed by atoms with Crippen LogP contribution in [0.4, 0.5) is 8.78 Å². The number of aromatic nitrogens is 2. The summed E-state index contributed by atoms with van der Waals surface area (Å²) in [7, 11) is 0. The van der Waals surface area contributed by atoms with Crippen molar-refractivity contribution in [3.8, 4) is 10.7 Å². The zero-order chi connectivity index (χ0) is 15.5. The maximum atomic E-state index is 13.5. The van der Waals surface area contributed by atoms with Gasteiger partial charge in [0.15, 0.2) is 0 Å². The second-order valence-corrected chi connectivity index (χ2v) is 5.27. The molecule has 5 nitrogen and oxygen atoms in total. The average Bonchev–Trinajstić information content (AvgIpc) is 3.17. The van der Waals surface area contributed by atoms with Gasteiger partial charge in [-0.25, -0.2) is 8.78 Å². The van der Waals surface area contributed by atoms with Gasteiger partial charge >= 0.3 is 11.8 Å². The number of carbonyl (C=O) groups is 1. The van der Waals surface area contributed by atoms with Crippen LogP contribution in [0.1, 0.15) is 16.2 Å². The van der Waals surface area contributed by atoms with E-state index in [1.165, 1.54) is 17.4 Å². The van der Waals surface area contributed by atoms with E-state index < -0.39 is 17.5 Å². The van der Waals surface area contributed by atoms with E-state index in [0.29, 0.717) is 5.82 Å². The van der Waals surface area contributed by atoms with E-state index in [1.54, 1.807) is 6.07 Å². The van der Waals surface area contributed by atoms with Gasteiger partial charge in [-0.15, -0.1) is 11.3 Å². The molecule has 0 saturated carbocycles. The first kappa shape index (κ1) is 14.3. The Morgan fingerprint density at radius 1 is 1.32 bits per heavy atom. The van der Waals surface area contributed by atoms with Crippen molar-refractivity contribution in [2.45, 2.75) is 6.54 Å². The van der Waals surface area contributed by atoms with Gasteiger partial charge in [-0.2, -0.15) is 4.98 Å². The summed E-state index contributed by atoms with van der Waals surface area (Å²) in [4.78, 5) is 16.6. The van der Waals surface area contributed by atoms with Crippen LogP contribution in [0.2, 0.25) is 0 Å². The van der Waals surface area contributed by atoms with Gasteiger partial charge in [-0.3, -0.25) is 4.79 Å². The fraction of sp³-hybridized carbons (Fsp3) is 0.0714.